The Bertz CT molecular complexity index is 453. The lowest BCUT2D eigenvalue weighted by atomic mass is 10.1. The van der Waals surface area contributed by atoms with Crippen LogP contribution in [0.2, 0.25) is 0 Å². The van der Waals surface area contributed by atoms with Crippen LogP contribution in [0.4, 0.5) is 5.82 Å². The molecule has 0 unspecified atom stereocenters. The summed E-state index contributed by atoms with van der Waals surface area (Å²) in [5, 5.41) is 3.66. The Balaban J connectivity index is 1.80. The summed E-state index contributed by atoms with van der Waals surface area (Å²) in [5.74, 6) is 1.24. The van der Waals surface area contributed by atoms with Gasteiger partial charge in [0.15, 0.2) is 11.6 Å². The molecule has 17 heavy (non-hydrogen) atoms. The topological polar surface area (TPSA) is 55.3 Å². The van der Waals surface area contributed by atoms with Gasteiger partial charge in [-0.2, -0.15) is 0 Å². The van der Waals surface area contributed by atoms with E-state index in [1.54, 1.807) is 6.07 Å². The minimum Gasteiger partial charge on any atom is -0.381 e. The average molecular weight is 231 g/mol. The van der Waals surface area contributed by atoms with Crippen LogP contribution in [0.25, 0.3) is 0 Å². The van der Waals surface area contributed by atoms with Gasteiger partial charge in [0.2, 0.25) is 0 Å². The van der Waals surface area contributed by atoms with Crippen LogP contribution >= 0.6 is 0 Å². The summed E-state index contributed by atoms with van der Waals surface area (Å²) >= 11 is 0. The molecule has 2 rings (SSSR count). The van der Waals surface area contributed by atoms with E-state index in [4.69, 9.17) is 10.3 Å². The predicted octanol–water partition coefficient (Wildman–Crippen LogP) is 1.93. The Hall–Kier alpha value is -1.81. The average Bonchev–Trinajstić information content (AvgIpc) is 2.73. The van der Waals surface area contributed by atoms with Crippen molar-refractivity contribution < 1.29 is 4.52 Å². The van der Waals surface area contributed by atoms with E-state index in [0.717, 1.165) is 25.3 Å². The van der Waals surface area contributed by atoms with Crippen molar-refractivity contribution in [1.82, 2.24) is 10.1 Å². The fourth-order valence-electron chi connectivity index (χ4n) is 1.71. The SMILES string of the molecule is CN(CCc1ccccc1)Cc1cc(N)no1. The molecule has 90 valence electrons. The maximum Gasteiger partial charge on any atom is 0.167 e. The molecule has 2 aromatic rings. The number of likely N-dealkylation sites (N-methyl/N-ethyl adjacent to an activating group) is 1. The van der Waals surface area contributed by atoms with Crippen LogP contribution < -0.4 is 5.73 Å². The normalized spacial score (nSPS) is 10.9. The molecule has 1 aromatic heterocycles. The molecule has 1 heterocycles. The molecule has 0 spiro atoms. The highest BCUT2D eigenvalue weighted by atomic mass is 16.5. The van der Waals surface area contributed by atoms with Gasteiger partial charge < -0.3 is 10.3 Å². The summed E-state index contributed by atoms with van der Waals surface area (Å²) in [4.78, 5) is 2.19. The molecule has 0 atom stereocenters. The number of rotatable bonds is 5. The van der Waals surface area contributed by atoms with Crippen molar-refractivity contribution in [3.63, 3.8) is 0 Å². The zero-order valence-corrected chi connectivity index (χ0v) is 9.97. The Morgan fingerprint density at radius 3 is 2.71 bits per heavy atom. The maximum absolute atomic E-state index is 5.50. The van der Waals surface area contributed by atoms with E-state index in [1.807, 2.05) is 6.07 Å². The molecule has 0 saturated heterocycles. The summed E-state index contributed by atoms with van der Waals surface area (Å²) in [6.07, 6.45) is 1.03. The molecular weight excluding hydrogens is 214 g/mol. The number of hydrogen-bond donors (Lipinski definition) is 1. The third-order valence-corrected chi connectivity index (χ3v) is 2.63. The first-order valence-electron chi connectivity index (χ1n) is 5.67. The third-order valence-electron chi connectivity index (χ3n) is 2.63. The van der Waals surface area contributed by atoms with E-state index in [0.29, 0.717) is 5.82 Å². The number of hydrogen-bond acceptors (Lipinski definition) is 4. The van der Waals surface area contributed by atoms with Crippen LogP contribution in [0.15, 0.2) is 40.9 Å². The fraction of sp³-hybridized carbons (Fsp3) is 0.308. The molecule has 2 N–H and O–H groups in total. The molecule has 0 radical (unpaired) electrons. The largest absolute Gasteiger partial charge is 0.381 e. The monoisotopic (exact) mass is 231 g/mol. The number of aromatic nitrogens is 1. The van der Waals surface area contributed by atoms with E-state index in [1.165, 1.54) is 5.56 Å². The van der Waals surface area contributed by atoms with Crippen LogP contribution in [0.5, 0.6) is 0 Å². The summed E-state index contributed by atoms with van der Waals surface area (Å²) < 4.78 is 5.07. The van der Waals surface area contributed by atoms with Crippen molar-refractivity contribution in [3.8, 4) is 0 Å². The maximum atomic E-state index is 5.50. The second kappa shape index (κ2) is 5.50. The number of nitrogens with zero attached hydrogens (tertiary/aromatic N) is 2. The highest BCUT2D eigenvalue weighted by molar-refractivity contribution is 5.26. The van der Waals surface area contributed by atoms with E-state index in [9.17, 15) is 0 Å². The molecule has 1 aromatic carbocycles. The minimum atomic E-state index is 0.441. The van der Waals surface area contributed by atoms with Gasteiger partial charge in [-0.1, -0.05) is 35.5 Å². The fourth-order valence-corrected chi connectivity index (χ4v) is 1.71. The van der Waals surface area contributed by atoms with Crippen LogP contribution in [-0.2, 0) is 13.0 Å². The van der Waals surface area contributed by atoms with E-state index >= 15 is 0 Å². The first-order valence-corrected chi connectivity index (χ1v) is 5.67. The van der Waals surface area contributed by atoms with Crippen molar-refractivity contribution in [3.05, 3.63) is 47.7 Å². The quantitative estimate of drug-likeness (QED) is 0.854. The van der Waals surface area contributed by atoms with Gasteiger partial charge in [-0.15, -0.1) is 0 Å². The Morgan fingerprint density at radius 2 is 2.06 bits per heavy atom. The lowest BCUT2D eigenvalue weighted by Crippen LogP contribution is -2.20. The van der Waals surface area contributed by atoms with E-state index < -0.39 is 0 Å². The number of benzene rings is 1. The van der Waals surface area contributed by atoms with Crippen molar-refractivity contribution in [2.24, 2.45) is 0 Å². The van der Waals surface area contributed by atoms with Crippen LogP contribution in [0.1, 0.15) is 11.3 Å². The molecule has 0 aliphatic heterocycles. The molecule has 4 nitrogen and oxygen atoms in total. The van der Waals surface area contributed by atoms with E-state index in [-0.39, 0.29) is 0 Å². The predicted molar refractivity (Wildman–Crippen MR) is 67.4 cm³/mol. The number of nitrogen functional groups attached to an aromatic ring is 1. The van der Waals surface area contributed by atoms with Gasteiger partial charge in [-0.05, 0) is 19.0 Å². The highest BCUT2D eigenvalue weighted by Crippen LogP contribution is 2.08. The van der Waals surface area contributed by atoms with Crippen molar-refractivity contribution in [2.75, 3.05) is 19.3 Å². The van der Waals surface area contributed by atoms with Gasteiger partial charge in [0, 0.05) is 12.6 Å². The molecular formula is C13H17N3O. The lowest BCUT2D eigenvalue weighted by Gasteiger charge is -2.14. The molecule has 4 heteroatoms. The standard InChI is InChI=1S/C13H17N3O/c1-16(10-12-9-13(14)15-17-12)8-7-11-5-3-2-4-6-11/h2-6,9H,7-8,10H2,1H3,(H2,14,15). The second-order valence-corrected chi connectivity index (χ2v) is 4.19. The van der Waals surface area contributed by atoms with Gasteiger partial charge in [0.25, 0.3) is 0 Å². The highest BCUT2D eigenvalue weighted by Gasteiger charge is 2.05. The van der Waals surface area contributed by atoms with Crippen LogP contribution in [0, 0.1) is 0 Å². The molecule has 0 aliphatic rings. The van der Waals surface area contributed by atoms with Crippen molar-refractivity contribution in [2.45, 2.75) is 13.0 Å². The molecule has 0 saturated carbocycles. The smallest absolute Gasteiger partial charge is 0.167 e. The lowest BCUT2D eigenvalue weighted by molar-refractivity contribution is 0.275. The van der Waals surface area contributed by atoms with Gasteiger partial charge >= 0.3 is 0 Å². The first-order chi connectivity index (χ1) is 8.24. The number of anilines is 1. The summed E-state index contributed by atoms with van der Waals surface area (Å²) in [7, 11) is 2.06. The third kappa shape index (κ3) is 3.60. The zero-order chi connectivity index (χ0) is 12.1. The molecule has 0 amide bonds. The second-order valence-electron chi connectivity index (χ2n) is 4.19. The first kappa shape index (κ1) is 11.7. The Kier molecular flexibility index (Phi) is 3.77. The summed E-state index contributed by atoms with van der Waals surface area (Å²) in [5.41, 5.74) is 6.84. The summed E-state index contributed by atoms with van der Waals surface area (Å²) in [6, 6.07) is 12.2. The van der Waals surface area contributed by atoms with Gasteiger partial charge in [0.1, 0.15) is 0 Å². The molecule has 0 fully saturated rings. The minimum absolute atomic E-state index is 0.441. The Morgan fingerprint density at radius 1 is 1.29 bits per heavy atom. The van der Waals surface area contributed by atoms with Gasteiger partial charge in [0.05, 0.1) is 6.54 Å². The van der Waals surface area contributed by atoms with Crippen LogP contribution in [0.3, 0.4) is 0 Å². The summed E-state index contributed by atoms with van der Waals surface area (Å²) in [6.45, 7) is 1.71. The Labute approximate surface area is 101 Å². The van der Waals surface area contributed by atoms with Crippen molar-refractivity contribution in [1.29, 1.82) is 0 Å². The molecule has 0 bridgehead atoms. The number of nitrogens with two attached hydrogens (primary N) is 1. The molecule has 0 aliphatic carbocycles. The van der Waals surface area contributed by atoms with Crippen LogP contribution in [-0.4, -0.2) is 23.6 Å². The zero-order valence-electron chi connectivity index (χ0n) is 9.97. The van der Waals surface area contributed by atoms with Gasteiger partial charge in [-0.3, -0.25) is 4.90 Å². The van der Waals surface area contributed by atoms with Crippen molar-refractivity contribution >= 4 is 5.82 Å². The van der Waals surface area contributed by atoms with E-state index in [2.05, 4.69) is 41.4 Å². The van der Waals surface area contributed by atoms with Gasteiger partial charge in [-0.25, -0.2) is 0 Å².